The highest BCUT2D eigenvalue weighted by Crippen LogP contribution is 2.16. The van der Waals surface area contributed by atoms with Gasteiger partial charge in [0.2, 0.25) is 0 Å². The van der Waals surface area contributed by atoms with Crippen molar-refractivity contribution in [1.29, 1.82) is 0 Å². The average Bonchev–Trinajstić information content (AvgIpc) is 3.37. The van der Waals surface area contributed by atoms with E-state index in [4.69, 9.17) is 14.2 Å². The molecule has 6 nitrogen and oxygen atoms in total. The number of carbonyl (C=O) groups is 3. The predicted octanol–water partition coefficient (Wildman–Crippen LogP) is 20.5. The molecule has 0 aromatic carbocycles. The van der Waals surface area contributed by atoms with Crippen LogP contribution in [0, 0.1) is 0 Å². The summed E-state index contributed by atoms with van der Waals surface area (Å²) in [5.41, 5.74) is 0. The Hall–Kier alpha value is -3.15. The van der Waals surface area contributed by atoms with Gasteiger partial charge >= 0.3 is 17.9 Å². The van der Waals surface area contributed by atoms with E-state index in [1.165, 1.54) is 173 Å². The van der Waals surface area contributed by atoms with Crippen LogP contribution in [-0.4, -0.2) is 37.2 Å². The average molecular weight is 992 g/mol. The highest BCUT2D eigenvalue weighted by Gasteiger charge is 2.19. The number of rotatable bonds is 55. The first-order valence-corrected chi connectivity index (χ1v) is 30.4. The van der Waals surface area contributed by atoms with Crippen LogP contribution in [0.15, 0.2) is 72.9 Å². The van der Waals surface area contributed by atoms with E-state index in [1.54, 1.807) is 0 Å². The highest BCUT2D eigenvalue weighted by atomic mass is 16.6. The Kier molecular flexibility index (Phi) is 56.8. The molecule has 0 saturated heterocycles. The van der Waals surface area contributed by atoms with E-state index >= 15 is 0 Å². The van der Waals surface area contributed by atoms with Crippen LogP contribution in [0.2, 0.25) is 0 Å². The van der Waals surface area contributed by atoms with Crippen molar-refractivity contribution in [3.05, 3.63) is 72.9 Å². The Labute approximate surface area is 440 Å². The van der Waals surface area contributed by atoms with Crippen molar-refractivity contribution in [3.8, 4) is 0 Å². The fourth-order valence-corrected chi connectivity index (χ4v) is 8.64. The molecule has 0 rings (SSSR count). The molecule has 410 valence electrons. The number of esters is 3. The summed E-state index contributed by atoms with van der Waals surface area (Å²) in [5, 5.41) is 0. The zero-order valence-electron chi connectivity index (χ0n) is 47.0. The van der Waals surface area contributed by atoms with Gasteiger partial charge in [0.05, 0.1) is 0 Å². The van der Waals surface area contributed by atoms with Crippen LogP contribution < -0.4 is 0 Å². The van der Waals surface area contributed by atoms with Crippen molar-refractivity contribution in [1.82, 2.24) is 0 Å². The molecule has 1 unspecified atom stereocenters. The van der Waals surface area contributed by atoms with Crippen LogP contribution in [0.4, 0.5) is 0 Å². The van der Waals surface area contributed by atoms with Crippen LogP contribution >= 0.6 is 0 Å². The summed E-state index contributed by atoms with van der Waals surface area (Å²) in [7, 11) is 0. The fourth-order valence-electron chi connectivity index (χ4n) is 8.64. The van der Waals surface area contributed by atoms with Crippen molar-refractivity contribution in [2.45, 2.75) is 309 Å². The molecule has 0 aliphatic rings. The minimum Gasteiger partial charge on any atom is -0.462 e. The number of hydrogen-bond acceptors (Lipinski definition) is 6. The second-order valence-corrected chi connectivity index (χ2v) is 20.2. The molecule has 0 bridgehead atoms. The molecule has 0 aromatic heterocycles. The summed E-state index contributed by atoms with van der Waals surface area (Å²) < 4.78 is 16.9. The van der Waals surface area contributed by atoms with Gasteiger partial charge in [-0.3, -0.25) is 14.4 Å². The van der Waals surface area contributed by atoms with E-state index in [0.717, 1.165) is 89.9 Å². The Bertz CT molecular complexity index is 1320. The zero-order chi connectivity index (χ0) is 51.4. The number of unbranched alkanes of at least 4 members (excludes halogenated alkanes) is 32. The first-order chi connectivity index (χ1) is 35.0. The van der Waals surface area contributed by atoms with E-state index in [-0.39, 0.29) is 31.1 Å². The Balaban J connectivity index is 4.21. The molecule has 0 radical (unpaired) electrons. The lowest BCUT2D eigenvalue weighted by atomic mass is 10.0. The van der Waals surface area contributed by atoms with Crippen molar-refractivity contribution < 1.29 is 28.6 Å². The summed E-state index contributed by atoms with van der Waals surface area (Å²) in [6.07, 6.45) is 76.2. The minimum atomic E-state index is -0.776. The second kappa shape index (κ2) is 59.4. The molecule has 0 saturated carbocycles. The summed E-state index contributed by atoms with van der Waals surface area (Å²) in [5.74, 6) is -0.872. The van der Waals surface area contributed by atoms with Crippen molar-refractivity contribution >= 4 is 17.9 Å². The smallest absolute Gasteiger partial charge is 0.306 e. The van der Waals surface area contributed by atoms with Gasteiger partial charge in [-0.15, -0.1) is 0 Å². The van der Waals surface area contributed by atoms with E-state index in [2.05, 4.69) is 93.7 Å². The highest BCUT2D eigenvalue weighted by molar-refractivity contribution is 5.71. The van der Waals surface area contributed by atoms with Gasteiger partial charge in [0.25, 0.3) is 0 Å². The van der Waals surface area contributed by atoms with Gasteiger partial charge in [-0.05, 0) is 89.9 Å². The molecule has 0 heterocycles. The topological polar surface area (TPSA) is 78.9 Å². The SMILES string of the molecule is CC/C=C\C/C=C\C/C=C\C/C=C\CCCCCCCCCCCCCCC(=O)OCC(COC(=O)CCCCCCCCCCC)OC(=O)CCCCCCCCCCC/C=C\C/C=C\CCCCC. The Morgan fingerprint density at radius 3 is 0.887 bits per heavy atom. The molecular formula is C65H114O6. The maximum absolute atomic E-state index is 12.9. The number of carbonyl (C=O) groups excluding carboxylic acids is 3. The van der Waals surface area contributed by atoms with Gasteiger partial charge < -0.3 is 14.2 Å². The number of ether oxygens (including phenoxy) is 3. The molecule has 1 atom stereocenters. The standard InChI is InChI=1S/C65H114O6/c1-4-7-10-13-16-19-21-23-25-27-29-30-31-32-33-34-36-37-39-41-43-46-49-52-55-58-64(67)70-61-62(60-69-63(66)57-54-51-48-45-18-15-12-9-6-3)71-65(68)59-56-53-50-47-44-42-40-38-35-28-26-24-22-20-17-14-11-8-5-2/h7,10,16-17,19-20,23-26,29-30,62H,4-6,8-9,11-15,18,21-22,27-28,31-61H2,1-3H3/b10-7-,19-16-,20-17-,25-23-,26-24-,30-29-. The third-order valence-corrected chi connectivity index (χ3v) is 13.2. The minimum absolute atomic E-state index is 0.0746. The molecular weight excluding hydrogens is 877 g/mol. The molecule has 6 heteroatoms. The fraction of sp³-hybridized carbons (Fsp3) is 0.769. The van der Waals surface area contributed by atoms with Crippen molar-refractivity contribution in [2.75, 3.05) is 13.2 Å². The van der Waals surface area contributed by atoms with Crippen LogP contribution in [0.25, 0.3) is 0 Å². The van der Waals surface area contributed by atoms with E-state index < -0.39 is 6.10 Å². The molecule has 0 aromatic rings. The molecule has 0 amide bonds. The normalized spacial score (nSPS) is 12.5. The third kappa shape index (κ3) is 57.6. The second-order valence-electron chi connectivity index (χ2n) is 20.2. The summed E-state index contributed by atoms with van der Waals surface area (Å²) >= 11 is 0. The van der Waals surface area contributed by atoms with Gasteiger partial charge in [-0.25, -0.2) is 0 Å². The van der Waals surface area contributed by atoms with Crippen LogP contribution in [-0.2, 0) is 28.6 Å². The van der Waals surface area contributed by atoms with Crippen molar-refractivity contribution in [2.24, 2.45) is 0 Å². The lowest BCUT2D eigenvalue weighted by Crippen LogP contribution is -2.30. The van der Waals surface area contributed by atoms with E-state index in [0.29, 0.717) is 19.3 Å². The molecule has 0 aliphatic heterocycles. The number of allylic oxidation sites excluding steroid dienone is 12. The van der Waals surface area contributed by atoms with Crippen LogP contribution in [0.3, 0.4) is 0 Å². The first kappa shape index (κ1) is 67.8. The zero-order valence-corrected chi connectivity index (χ0v) is 47.0. The molecule has 0 aliphatic carbocycles. The van der Waals surface area contributed by atoms with Crippen LogP contribution in [0.1, 0.15) is 303 Å². The first-order valence-electron chi connectivity index (χ1n) is 30.4. The Morgan fingerprint density at radius 2 is 0.549 bits per heavy atom. The van der Waals surface area contributed by atoms with E-state index in [9.17, 15) is 14.4 Å². The maximum Gasteiger partial charge on any atom is 0.306 e. The number of hydrogen-bond donors (Lipinski definition) is 0. The lowest BCUT2D eigenvalue weighted by molar-refractivity contribution is -0.167. The van der Waals surface area contributed by atoms with E-state index in [1.807, 2.05) is 0 Å². The predicted molar refractivity (Wildman–Crippen MR) is 307 cm³/mol. The maximum atomic E-state index is 12.9. The van der Waals surface area contributed by atoms with Gasteiger partial charge in [0.1, 0.15) is 13.2 Å². The molecule has 0 fully saturated rings. The third-order valence-electron chi connectivity index (χ3n) is 13.2. The van der Waals surface area contributed by atoms with Gasteiger partial charge in [0.15, 0.2) is 6.10 Å². The molecule has 71 heavy (non-hydrogen) atoms. The van der Waals surface area contributed by atoms with Gasteiger partial charge in [-0.2, -0.15) is 0 Å². The quantitative estimate of drug-likeness (QED) is 0.0261. The van der Waals surface area contributed by atoms with Crippen molar-refractivity contribution in [3.63, 3.8) is 0 Å². The van der Waals surface area contributed by atoms with Crippen LogP contribution in [0.5, 0.6) is 0 Å². The van der Waals surface area contributed by atoms with Gasteiger partial charge in [0, 0.05) is 19.3 Å². The largest absolute Gasteiger partial charge is 0.462 e. The summed E-state index contributed by atoms with van der Waals surface area (Å²) in [6.45, 7) is 6.51. The lowest BCUT2D eigenvalue weighted by Gasteiger charge is -2.18. The Morgan fingerprint density at radius 1 is 0.296 bits per heavy atom. The summed E-state index contributed by atoms with van der Waals surface area (Å²) in [4.78, 5) is 38.1. The monoisotopic (exact) mass is 991 g/mol. The molecule has 0 N–H and O–H groups in total. The van der Waals surface area contributed by atoms with Gasteiger partial charge in [-0.1, -0.05) is 267 Å². The summed E-state index contributed by atoms with van der Waals surface area (Å²) in [6, 6.07) is 0. The molecule has 0 spiro atoms.